The molecule has 1 heterocycles. The number of aromatic nitrogens is 2. The predicted molar refractivity (Wildman–Crippen MR) is 64.0 cm³/mol. The van der Waals surface area contributed by atoms with Gasteiger partial charge in [-0.05, 0) is 24.5 Å². The number of aliphatic carboxylic acids is 1. The van der Waals surface area contributed by atoms with Gasteiger partial charge in [0.2, 0.25) is 0 Å². The first-order chi connectivity index (χ1) is 8.15. The molecule has 0 atom stereocenters. The van der Waals surface area contributed by atoms with Crippen molar-refractivity contribution in [1.29, 1.82) is 0 Å². The number of benzene rings is 1. The van der Waals surface area contributed by atoms with Crippen molar-refractivity contribution in [2.24, 2.45) is 7.05 Å². The van der Waals surface area contributed by atoms with E-state index in [1.807, 2.05) is 29.9 Å². The summed E-state index contributed by atoms with van der Waals surface area (Å²) in [5, 5.41) is 14.4. The third-order valence-corrected chi connectivity index (χ3v) is 3.26. The number of nitrogens with zero attached hydrogens (tertiary/aromatic N) is 2. The molecule has 1 aliphatic carbocycles. The second-order valence-corrected chi connectivity index (χ2v) is 4.71. The van der Waals surface area contributed by atoms with Crippen LogP contribution < -0.4 is 0 Å². The second-order valence-electron chi connectivity index (χ2n) is 4.71. The zero-order valence-corrected chi connectivity index (χ0v) is 9.68. The largest absolute Gasteiger partial charge is 0.481 e. The Hall–Kier alpha value is -1.84. The molecule has 0 saturated heterocycles. The van der Waals surface area contributed by atoms with E-state index >= 15 is 0 Å². The molecule has 0 unspecified atom stereocenters. The van der Waals surface area contributed by atoms with Gasteiger partial charge in [-0.25, -0.2) is 0 Å². The van der Waals surface area contributed by atoms with E-state index in [9.17, 15) is 4.79 Å². The lowest BCUT2D eigenvalue weighted by Crippen LogP contribution is -1.99. The van der Waals surface area contributed by atoms with Crippen LogP contribution >= 0.6 is 0 Å². The molecule has 0 amide bonds. The fourth-order valence-electron chi connectivity index (χ4n) is 2.39. The van der Waals surface area contributed by atoms with E-state index in [1.165, 1.54) is 23.9 Å². The lowest BCUT2D eigenvalue weighted by molar-refractivity contribution is -0.136. The molecule has 0 spiro atoms. The minimum Gasteiger partial charge on any atom is -0.481 e. The van der Waals surface area contributed by atoms with Gasteiger partial charge < -0.3 is 5.11 Å². The van der Waals surface area contributed by atoms with Crippen LogP contribution in [0.25, 0.3) is 10.9 Å². The maximum absolute atomic E-state index is 10.7. The zero-order chi connectivity index (χ0) is 12.0. The molecule has 17 heavy (non-hydrogen) atoms. The first kappa shape index (κ1) is 10.3. The second kappa shape index (κ2) is 3.58. The zero-order valence-electron chi connectivity index (χ0n) is 9.68. The number of rotatable bonds is 3. The van der Waals surface area contributed by atoms with Gasteiger partial charge in [-0.15, -0.1) is 0 Å². The van der Waals surface area contributed by atoms with E-state index in [2.05, 4.69) is 5.10 Å². The Morgan fingerprint density at radius 2 is 2.29 bits per heavy atom. The summed E-state index contributed by atoms with van der Waals surface area (Å²) in [6, 6.07) is 5.79. The Kier molecular flexibility index (Phi) is 2.18. The summed E-state index contributed by atoms with van der Waals surface area (Å²) in [6.07, 6.45) is 2.54. The Labute approximate surface area is 98.9 Å². The third-order valence-electron chi connectivity index (χ3n) is 3.26. The van der Waals surface area contributed by atoms with Crippen LogP contribution in [0.3, 0.4) is 0 Å². The van der Waals surface area contributed by atoms with Crippen LogP contribution in [0.4, 0.5) is 0 Å². The molecule has 2 aromatic rings. The van der Waals surface area contributed by atoms with Crippen LogP contribution in [0.5, 0.6) is 0 Å². The highest BCUT2D eigenvalue weighted by atomic mass is 16.4. The molecule has 0 radical (unpaired) electrons. The van der Waals surface area contributed by atoms with Crippen LogP contribution in [0.2, 0.25) is 0 Å². The molecule has 3 rings (SSSR count). The highest BCUT2D eigenvalue weighted by Crippen LogP contribution is 2.42. The molecule has 0 aliphatic heterocycles. The minimum atomic E-state index is -0.803. The number of hydrogen-bond acceptors (Lipinski definition) is 2. The van der Waals surface area contributed by atoms with Gasteiger partial charge in [0.25, 0.3) is 0 Å². The molecular formula is C13H14N2O2. The Balaban J connectivity index is 2.08. The standard InChI is InChI=1S/C13H14N2O2/c1-15-13(9-3-4-9)10-5-2-8(7-12(16)17)6-11(10)14-15/h2,5-6,9H,3-4,7H2,1H3,(H,16,17). The number of carboxylic acid groups (broad SMARTS) is 1. The predicted octanol–water partition coefficient (Wildman–Crippen LogP) is 2.08. The lowest BCUT2D eigenvalue weighted by atomic mass is 10.1. The van der Waals surface area contributed by atoms with Crippen molar-refractivity contribution < 1.29 is 9.90 Å². The van der Waals surface area contributed by atoms with Crippen molar-refractivity contribution in [3.63, 3.8) is 0 Å². The van der Waals surface area contributed by atoms with Gasteiger partial charge in [0, 0.05) is 24.0 Å². The van der Waals surface area contributed by atoms with Gasteiger partial charge in [0.1, 0.15) is 0 Å². The number of hydrogen-bond donors (Lipinski definition) is 1. The first-order valence-electron chi connectivity index (χ1n) is 5.82. The lowest BCUT2D eigenvalue weighted by Gasteiger charge is -1.99. The molecule has 1 saturated carbocycles. The summed E-state index contributed by atoms with van der Waals surface area (Å²) >= 11 is 0. The van der Waals surface area contributed by atoms with Crippen molar-refractivity contribution in [2.45, 2.75) is 25.2 Å². The van der Waals surface area contributed by atoms with Crippen molar-refractivity contribution in [1.82, 2.24) is 9.78 Å². The van der Waals surface area contributed by atoms with Gasteiger partial charge >= 0.3 is 5.97 Å². The van der Waals surface area contributed by atoms with Crippen molar-refractivity contribution >= 4 is 16.9 Å². The minimum absolute atomic E-state index is 0.0608. The molecule has 1 N–H and O–H groups in total. The topological polar surface area (TPSA) is 55.1 Å². The number of aryl methyl sites for hydroxylation is 1. The number of fused-ring (bicyclic) bond motifs is 1. The summed E-state index contributed by atoms with van der Waals surface area (Å²) < 4.78 is 1.94. The number of carbonyl (C=O) groups is 1. The normalized spacial score (nSPS) is 15.4. The molecule has 0 bridgehead atoms. The quantitative estimate of drug-likeness (QED) is 0.878. The molecule has 4 nitrogen and oxygen atoms in total. The maximum Gasteiger partial charge on any atom is 0.307 e. The molecule has 1 aromatic carbocycles. The van der Waals surface area contributed by atoms with Gasteiger partial charge in [0.05, 0.1) is 11.9 Å². The SMILES string of the molecule is Cn1nc2cc(CC(=O)O)ccc2c1C1CC1. The summed E-state index contributed by atoms with van der Waals surface area (Å²) in [4.78, 5) is 10.7. The van der Waals surface area contributed by atoms with Crippen molar-refractivity contribution in [3.8, 4) is 0 Å². The first-order valence-corrected chi connectivity index (χ1v) is 5.82. The molecule has 4 heteroatoms. The van der Waals surface area contributed by atoms with Crippen LogP contribution in [0.1, 0.15) is 30.0 Å². The summed E-state index contributed by atoms with van der Waals surface area (Å²) in [5.41, 5.74) is 3.01. The summed E-state index contributed by atoms with van der Waals surface area (Å²) in [7, 11) is 1.96. The molecule has 1 fully saturated rings. The van der Waals surface area contributed by atoms with Crippen LogP contribution in [0, 0.1) is 0 Å². The van der Waals surface area contributed by atoms with Crippen LogP contribution in [0.15, 0.2) is 18.2 Å². The van der Waals surface area contributed by atoms with Crippen molar-refractivity contribution in [3.05, 3.63) is 29.5 Å². The maximum atomic E-state index is 10.7. The van der Waals surface area contributed by atoms with E-state index in [0.717, 1.165) is 11.1 Å². The van der Waals surface area contributed by atoms with E-state index in [4.69, 9.17) is 5.11 Å². The van der Waals surface area contributed by atoms with E-state index in [0.29, 0.717) is 5.92 Å². The Morgan fingerprint density at radius 3 is 2.94 bits per heavy atom. The monoisotopic (exact) mass is 230 g/mol. The molecule has 1 aromatic heterocycles. The summed E-state index contributed by atoms with van der Waals surface area (Å²) in [5.74, 6) is -0.155. The van der Waals surface area contributed by atoms with Gasteiger partial charge in [-0.3, -0.25) is 9.48 Å². The van der Waals surface area contributed by atoms with E-state index in [1.54, 1.807) is 0 Å². The average Bonchev–Trinajstić information content (AvgIpc) is 3.00. The van der Waals surface area contributed by atoms with Crippen molar-refractivity contribution in [2.75, 3.05) is 0 Å². The van der Waals surface area contributed by atoms with Crippen LogP contribution in [-0.4, -0.2) is 20.9 Å². The average molecular weight is 230 g/mol. The fourth-order valence-corrected chi connectivity index (χ4v) is 2.39. The Morgan fingerprint density at radius 1 is 1.53 bits per heavy atom. The molecular weight excluding hydrogens is 216 g/mol. The highest BCUT2D eigenvalue weighted by Gasteiger charge is 2.28. The van der Waals surface area contributed by atoms with Gasteiger partial charge in [0.15, 0.2) is 0 Å². The molecule has 1 aliphatic rings. The third kappa shape index (κ3) is 1.79. The summed E-state index contributed by atoms with van der Waals surface area (Å²) in [6.45, 7) is 0. The molecule has 88 valence electrons. The number of carboxylic acids is 1. The van der Waals surface area contributed by atoms with E-state index < -0.39 is 5.97 Å². The smallest absolute Gasteiger partial charge is 0.307 e. The van der Waals surface area contributed by atoms with E-state index in [-0.39, 0.29) is 6.42 Å². The van der Waals surface area contributed by atoms with Gasteiger partial charge in [-0.2, -0.15) is 5.10 Å². The Bertz CT molecular complexity index is 597. The van der Waals surface area contributed by atoms with Crippen LogP contribution in [-0.2, 0) is 18.3 Å². The fraction of sp³-hybridized carbons (Fsp3) is 0.385. The highest BCUT2D eigenvalue weighted by molar-refractivity contribution is 5.84. The van der Waals surface area contributed by atoms with Gasteiger partial charge in [-0.1, -0.05) is 12.1 Å².